The van der Waals surface area contributed by atoms with E-state index in [-0.39, 0.29) is 30.5 Å². The Balaban J connectivity index is 1.54. The van der Waals surface area contributed by atoms with Crippen molar-refractivity contribution in [3.05, 3.63) is 52.8 Å². The predicted octanol–water partition coefficient (Wildman–Crippen LogP) is 1.62. The van der Waals surface area contributed by atoms with E-state index in [2.05, 4.69) is 5.10 Å². The maximum Gasteiger partial charge on any atom is 0.311 e. The van der Waals surface area contributed by atoms with E-state index in [1.54, 1.807) is 11.0 Å². The number of carboxylic acids is 1. The van der Waals surface area contributed by atoms with Crippen molar-refractivity contribution in [2.45, 2.75) is 25.8 Å². The topological polar surface area (TPSA) is 92.5 Å². The van der Waals surface area contributed by atoms with Crippen molar-refractivity contribution in [2.24, 2.45) is 11.3 Å². The number of hydrogen-bond acceptors (Lipinski definition) is 4. The molecule has 0 unspecified atom stereocenters. The molecule has 2 fully saturated rings. The predicted molar refractivity (Wildman–Crippen MR) is 97.9 cm³/mol. The van der Waals surface area contributed by atoms with Gasteiger partial charge < -0.3 is 10.0 Å². The minimum atomic E-state index is -0.820. The zero-order valence-electron chi connectivity index (χ0n) is 14.9. The fourth-order valence-electron chi connectivity index (χ4n) is 4.38. The van der Waals surface area contributed by atoms with E-state index in [1.807, 2.05) is 30.3 Å². The molecule has 1 saturated carbocycles. The summed E-state index contributed by atoms with van der Waals surface area (Å²) in [7, 11) is 0. The molecule has 1 aliphatic heterocycles. The number of carbonyl (C=O) groups excluding carboxylic acids is 1. The Morgan fingerprint density at radius 1 is 1.19 bits per heavy atom. The van der Waals surface area contributed by atoms with Gasteiger partial charge in [-0.3, -0.25) is 14.4 Å². The van der Waals surface area contributed by atoms with Crippen LogP contribution in [0, 0.1) is 11.3 Å². The maximum absolute atomic E-state index is 12.7. The lowest BCUT2D eigenvalue weighted by Crippen LogP contribution is -2.39. The molecule has 1 N–H and O–H groups in total. The van der Waals surface area contributed by atoms with Crippen LogP contribution in [0.4, 0.5) is 0 Å². The molecule has 1 amide bonds. The molecule has 2 aromatic rings. The molecular weight excluding hydrogens is 346 g/mol. The zero-order valence-corrected chi connectivity index (χ0v) is 14.9. The fourth-order valence-corrected chi connectivity index (χ4v) is 4.38. The van der Waals surface area contributed by atoms with Gasteiger partial charge in [-0.25, -0.2) is 4.68 Å². The van der Waals surface area contributed by atoms with E-state index in [0.717, 1.165) is 23.1 Å². The highest BCUT2D eigenvalue weighted by Crippen LogP contribution is 2.48. The van der Waals surface area contributed by atoms with Crippen LogP contribution in [0.3, 0.4) is 0 Å². The normalized spacial score (nSPS) is 24.0. The van der Waals surface area contributed by atoms with Gasteiger partial charge in [0.05, 0.1) is 11.1 Å². The van der Waals surface area contributed by atoms with Gasteiger partial charge in [-0.05, 0) is 24.8 Å². The molecule has 2 aliphatic rings. The molecule has 1 aliphatic carbocycles. The summed E-state index contributed by atoms with van der Waals surface area (Å²) in [5, 5.41) is 14.0. The van der Waals surface area contributed by atoms with Crippen molar-refractivity contribution in [2.75, 3.05) is 13.1 Å². The van der Waals surface area contributed by atoms with Crippen LogP contribution in [-0.2, 0) is 16.1 Å². The van der Waals surface area contributed by atoms with E-state index in [9.17, 15) is 19.5 Å². The van der Waals surface area contributed by atoms with Gasteiger partial charge in [0, 0.05) is 24.7 Å². The first-order valence-electron chi connectivity index (χ1n) is 9.14. The number of benzene rings is 1. The van der Waals surface area contributed by atoms with Gasteiger partial charge >= 0.3 is 5.97 Å². The highest BCUT2D eigenvalue weighted by molar-refractivity contribution is 5.81. The largest absolute Gasteiger partial charge is 0.481 e. The van der Waals surface area contributed by atoms with Gasteiger partial charge in [-0.1, -0.05) is 36.8 Å². The van der Waals surface area contributed by atoms with Crippen LogP contribution in [0.1, 0.15) is 19.3 Å². The Hall–Kier alpha value is -2.96. The number of aromatic nitrogens is 2. The third-order valence-electron chi connectivity index (χ3n) is 5.87. The molecule has 0 radical (unpaired) electrons. The van der Waals surface area contributed by atoms with Gasteiger partial charge in [0.25, 0.3) is 5.56 Å². The summed E-state index contributed by atoms with van der Waals surface area (Å²) in [5.74, 6) is -1.08. The lowest BCUT2D eigenvalue weighted by atomic mass is 9.81. The molecule has 0 bridgehead atoms. The van der Waals surface area contributed by atoms with Crippen molar-refractivity contribution < 1.29 is 14.7 Å². The second-order valence-electron chi connectivity index (χ2n) is 7.41. The Bertz CT molecular complexity index is 940. The standard InChI is InChI=1S/C20H21N3O4/c24-17-9-8-16(14-5-2-1-3-6-14)21-23(17)12-18(25)22-11-15-7-4-10-20(15,13-22)19(26)27/h1-3,5-6,8-9,15H,4,7,10-13H2,(H,26,27)/t15-,20+/m0/s1. The molecule has 1 aromatic carbocycles. The summed E-state index contributed by atoms with van der Waals surface area (Å²) < 4.78 is 1.16. The first-order chi connectivity index (χ1) is 13.0. The fraction of sp³-hybridized carbons (Fsp3) is 0.400. The molecule has 1 saturated heterocycles. The van der Waals surface area contributed by atoms with Crippen molar-refractivity contribution in [1.29, 1.82) is 0 Å². The van der Waals surface area contributed by atoms with Crippen LogP contribution in [0.15, 0.2) is 47.3 Å². The first-order valence-corrected chi connectivity index (χ1v) is 9.14. The summed E-state index contributed by atoms with van der Waals surface area (Å²) in [5.41, 5.74) is 0.304. The van der Waals surface area contributed by atoms with Crippen molar-refractivity contribution >= 4 is 11.9 Å². The molecule has 0 spiro atoms. The minimum absolute atomic E-state index is 0.000663. The number of amides is 1. The van der Waals surface area contributed by atoms with Gasteiger partial charge in [-0.15, -0.1) is 0 Å². The van der Waals surface area contributed by atoms with E-state index in [1.165, 1.54) is 6.07 Å². The van der Waals surface area contributed by atoms with Crippen molar-refractivity contribution in [1.82, 2.24) is 14.7 Å². The smallest absolute Gasteiger partial charge is 0.311 e. The second kappa shape index (κ2) is 6.64. The lowest BCUT2D eigenvalue weighted by molar-refractivity contribution is -0.149. The van der Waals surface area contributed by atoms with Crippen molar-refractivity contribution in [3.63, 3.8) is 0 Å². The van der Waals surface area contributed by atoms with Crippen LogP contribution in [0.5, 0.6) is 0 Å². The Morgan fingerprint density at radius 3 is 2.67 bits per heavy atom. The number of aliphatic carboxylic acids is 1. The van der Waals surface area contributed by atoms with Crippen LogP contribution >= 0.6 is 0 Å². The first kappa shape index (κ1) is 17.5. The number of nitrogens with zero attached hydrogens (tertiary/aromatic N) is 3. The van der Waals surface area contributed by atoms with Gasteiger partial charge in [0.2, 0.25) is 5.91 Å². The highest BCUT2D eigenvalue weighted by Gasteiger charge is 2.55. The van der Waals surface area contributed by atoms with Crippen LogP contribution < -0.4 is 5.56 Å². The van der Waals surface area contributed by atoms with Crippen LogP contribution in [-0.4, -0.2) is 44.8 Å². The Kier molecular flexibility index (Phi) is 4.30. The highest BCUT2D eigenvalue weighted by atomic mass is 16.4. The summed E-state index contributed by atoms with van der Waals surface area (Å²) in [4.78, 5) is 38.3. The number of rotatable bonds is 4. The zero-order chi connectivity index (χ0) is 19.0. The molecule has 2 heterocycles. The van der Waals surface area contributed by atoms with Crippen molar-refractivity contribution in [3.8, 4) is 11.3 Å². The third-order valence-corrected chi connectivity index (χ3v) is 5.87. The van der Waals surface area contributed by atoms with E-state index >= 15 is 0 Å². The minimum Gasteiger partial charge on any atom is -0.481 e. The lowest BCUT2D eigenvalue weighted by Gasteiger charge is -2.23. The Labute approximate surface area is 156 Å². The van der Waals surface area contributed by atoms with Crippen LogP contribution in [0.2, 0.25) is 0 Å². The number of carbonyl (C=O) groups is 2. The average Bonchev–Trinajstić information content (AvgIpc) is 3.23. The van der Waals surface area contributed by atoms with Gasteiger partial charge in [-0.2, -0.15) is 5.10 Å². The number of hydrogen-bond donors (Lipinski definition) is 1. The monoisotopic (exact) mass is 367 g/mol. The summed E-state index contributed by atoms with van der Waals surface area (Å²) >= 11 is 0. The maximum atomic E-state index is 12.7. The SMILES string of the molecule is O=C(Cn1nc(-c2ccccc2)ccc1=O)N1C[C@@H]2CCC[C@@]2(C(=O)O)C1. The molecule has 27 heavy (non-hydrogen) atoms. The second-order valence-corrected chi connectivity index (χ2v) is 7.41. The summed E-state index contributed by atoms with van der Waals surface area (Å²) in [6.45, 7) is 0.485. The average molecular weight is 367 g/mol. The number of fused-ring (bicyclic) bond motifs is 1. The van der Waals surface area contributed by atoms with Gasteiger partial charge in [0.15, 0.2) is 0 Å². The van der Waals surface area contributed by atoms with Gasteiger partial charge in [0.1, 0.15) is 6.54 Å². The molecule has 1 aromatic heterocycles. The molecule has 140 valence electrons. The summed E-state index contributed by atoms with van der Waals surface area (Å²) in [6, 6.07) is 12.5. The van der Waals surface area contributed by atoms with E-state index in [0.29, 0.717) is 18.7 Å². The third kappa shape index (κ3) is 3.03. The van der Waals surface area contributed by atoms with E-state index in [4.69, 9.17) is 0 Å². The van der Waals surface area contributed by atoms with Crippen LogP contribution in [0.25, 0.3) is 11.3 Å². The number of carboxylic acid groups (broad SMARTS) is 1. The molecule has 2 atom stereocenters. The molecule has 7 heteroatoms. The molecule has 7 nitrogen and oxygen atoms in total. The van der Waals surface area contributed by atoms with E-state index < -0.39 is 11.4 Å². The quantitative estimate of drug-likeness (QED) is 0.887. The molecular formula is C20H21N3O4. The Morgan fingerprint density at radius 2 is 1.96 bits per heavy atom. The molecule has 4 rings (SSSR count). The summed E-state index contributed by atoms with van der Waals surface area (Å²) in [6.07, 6.45) is 2.33. The number of likely N-dealkylation sites (tertiary alicyclic amines) is 1.